The lowest BCUT2D eigenvalue weighted by molar-refractivity contribution is -0.116. The van der Waals surface area contributed by atoms with Gasteiger partial charge in [-0.25, -0.2) is 9.07 Å². The first-order valence-electron chi connectivity index (χ1n) is 8.91. The number of nitrogens with one attached hydrogen (secondary N) is 2. The number of amides is 1. The number of halogens is 1. The molecule has 4 rings (SSSR count). The monoisotopic (exact) mass is 397 g/mol. The van der Waals surface area contributed by atoms with Crippen molar-refractivity contribution in [3.63, 3.8) is 0 Å². The standard InChI is InChI=1S/C20H20FN5OS/c1-11-4-9-16(10-12(11)2)22-19(27)18-17(14-5-7-15(21)8-6-14)25-26-13(3)23-24-20(26)28-18/h4-10,17-18,25H,1-3H3,(H,22,27)/t17-,18-/m1/s1. The van der Waals surface area contributed by atoms with E-state index in [1.165, 1.54) is 29.5 Å². The molecule has 6 nitrogen and oxygen atoms in total. The lowest BCUT2D eigenvalue weighted by Crippen LogP contribution is -2.41. The highest BCUT2D eigenvalue weighted by Crippen LogP contribution is 2.37. The molecule has 1 amide bonds. The van der Waals surface area contributed by atoms with Crippen LogP contribution < -0.4 is 10.7 Å². The van der Waals surface area contributed by atoms with Crippen molar-refractivity contribution in [2.75, 3.05) is 10.7 Å². The molecule has 0 aliphatic carbocycles. The van der Waals surface area contributed by atoms with Crippen molar-refractivity contribution >= 4 is 23.4 Å². The molecule has 1 aliphatic rings. The minimum absolute atomic E-state index is 0.151. The second kappa shape index (κ2) is 7.27. The van der Waals surface area contributed by atoms with Crippen LogP contribution >= 0.6 is 11.8 Å². The Kier molecular flexibility index (Phi) is 4.80. The molecule has 144 valence electrons. The molecule has 28 heavy (non-hydrogen) atoms. The fraction of sp³-hybridized carbons (Fsp3) is 0.250. The van der Waals surface area contributed by atoms with Crippen LogP contribution in [0.2, 0.25) is 0 Å². The number of carbonyl (C=O) groups excluding carboxylic acids is 1. The van der Waals surface area contributed by atoms with Crippen molar-refractivity contribution in [1.29, 1.82) is 0 Å². The van der Waals surface area contributed by atoms with Gasteiger partial charge in [-0.1, -0.05) is 30.0 Å². The number of hydrogen-bond acceptors (Lipinski definition) is 5. The van der Waals surface area contributed by atoms with Crippen LogP contribution in [0.3, 0.4) is 0 Å². The number of anilines is 1. The summed E-state index contributed by atoms with van der Waals surface area (Å²) >= 11 is 1.34. The van der Waals surface area contributed by atoms with E-state index in [9.17, 15) is 9.18 Å². The Morgan fingerprint density at radius 2 is 1.86 bits per heavy atom. The third-order valence-electron chi connectivity index (χ3n) is 4.86. The molecule has 2 aromatic carbocycles. The number of nitrogens with zero attached hydrogens (tertiary/aromatic N) is 3. The fourth-order valence-corrected chi connectivity index (χ4v) is 4.24. The quantitative estimate of drug-likeness (QED) is 0.704. The third kappa shape index (κ3) is 3.47. The zero-order valence-electron chi connectivity index (χ0n) is 15.7. The number of aryl methyl sites for hydroxylation is 3. The van der Waals surface area contributed by atoms with E-state index >= 15 is 0 Å². The van der Waals surface area contributed by atoms with Gasteiger partial charge in [0, 0.05) is 5.69 Å². The van der Waals surface area contributed by atoms with Crippen molar-refractivity contribution in [1.82, 2.24) is 14.9 Å². The highest BCUT2D eigenvalue weighted by Gasteiger charge is 2.37. The summed E-state index contributed by atoms with van der Waals surface area (Å²) < 4.78 is 15.2. The average Bonchev–Trinajstić information content (AvgIpc) is 3.04. The summed E-state index contributed by atoms with van der Waals surface area (Å²) in [5.74, 6) is 0.231. The zero-order valence-corrected chi connectivity index (χ0v) is 16.5. The van der Waals surface area contributed by atoms with Crippen LogP contribution in [0.25, 0.3) is 0 Å². The number of aromatic nitrogens is 3. The number of thioether (sulfide) groups is 1. The number of fused-ring (bicyclic) bond motifs is 1. The van der Waals surface area contributed by atoms with E-state index in [-0.39, 0.29) is 17.8 Å². The minimum atomic E-state index is -0.497. The van der Waals surface area contributed by atoms with Crippen LogP contribution in [0.1, 0.15) is 28.6 Å². The van der Waals surface area contributed by atoms with Gasteiger partial charge < -0.3 is 10.7 Å². The van der Waals surface area contributed by atoms with Gasteiger partial charge in [-0.15, -0.1) is 10.2 Å². The Labute approximate surface area is 166 Å². The molecule has 2 heterocycles. The molecule has 0 radical (unpaired) electrons. The van der Waals surface area contributed by atoms with Crippen LogP contribution in [0, 0.1) is 26.6 Å². The van der Waals surface area contributed by atoms with E-state index in [0.717, 1.165) is 16.8 Å². The van der Waals surface area contributed by atoms with E-state index in [0.29, 0.717) is 11.0 Å². The first-order valence-corrected chi connectivity index (χ1v) is 9.79. The SMILES string of the molecule is Cc1ccc(NC(=O)[C@@H]2Sc3nnc(C)n3N[C@@H]2c2ccc(F)cc2)cc1C. The molecule has 1 aliphatic heterocycles. The molecule has 2 atom stereocenters. The summed E-state index contributed by atoms with van der Waals surface area (Å²) in [5, 5.41) is 11.3. The molecule has 0 saturated heterocycles. The van der Waals surface area contributed by atoms with E-state index in [1.807, 2.05) is 39.0 Å². The average molecular weight is 397 g/mol. The minimum Gasteiger partial charge on any atom is -0.325 e. The van der Waals surface area contributed by atoms with Crippen LogP contribution in [-0.4, -0.2) is 26.0 Å². The Hall–Kier alpha value is -2.87. The van der Waals surface area contributed by atoms with Gasteiger partial charge in [0.2, 0.25) is 11.1 Å². The van der Waals surface area contributed by atoms with Crippen molar-refractivity contribution < 1.29 is 9.18 Å². The smallest absolute Gasteiger partial charge is 0.240 e. The molecular weight excluding hydrogens is 377 g/mol. The number of benzene rings is 2. The molecular formula is C20H20FN5OS. The number of rotatable bonds is 3. The predicted molar refractivity (Wildman–Crippen MR) is 107 cm³/mol. The van der Waals surface area contributed by atoms with Crippen molar-refractivity contribution in [2.24, 2.45) is 0 Å². The molecule has 0 spiro atoms. The van der Waals surface area contributed by atoms with Gasteiger partial charge in [-0.2, -0.15) is 0 Å². The van der Waals surface area contributed by atoms with Gasteiger partial charge >= 0.3 is 0 Å². The molecule has 0 bridgehead atoms. The number of hydrogen-bond donors (Lipinski definition) is 2. The van der Waals surface area contributed by atoms with E-state index < -0.39 is 5.25 Å². The first-order chi connectivity index (χ1) is 13.4. The predicted octanol–water partition coefficient (Wildman–Crippen LogP) is 3.74. The largest absolute Gasteiger partial charge is 0.325 e. The molecule has 8 heteroatoms. The molecule has 3 aromatic rings. The summed E-state index contributed by atoms with van der Waals surface area (Å²) in [5.41, 5.74) is 7.14. The molecule has 0 fully saturated rings. The Morgan fingerprint density at radius 1 is 1.11 bits per heavy atom. The Bertz CT molecular complexity index is 1030. The van der Waals surface area contributed by atoms with Gasteiger partial charge in [0.05, 0.1) is 6.04 Å². The lowest BCUT2D eigenvalue weighted by atomic mass is 10.0. The Morgan fingerprint density at radius 3 is 2.57 bits per heavy atom. The normalized spacial score (nSPS) is 18.3. The topological polar surface area (TPSA) is 71.8 Å². The van der Waals surface area contributed by atoms with Gasteiger partial charge in [0.15, 0.2) is 0 Å². The molecule has 1 aromatic heterocycles. The summed E-state index contributed by atoms with van der Waals surface area (Å²) in [6, 6.07) is 11.6. The lowest BCUT2D eigenvalue weighted by Gasteiger charge is -2.32. The molecule has 0 unspecified atom stereocenters. The van der Waals surface area contributed by atoms with Gasteiger partial charge in [-0.3, -0.25) is 4.79 Å². The highest BCUT2D eigenvalue weighted by atomic mass is 32.2. The van der Waals surface area contributed by atoms with Crippen LogP contribution in [0.5, 0.6) is 0 Å². The van der Waals surface area contributed by atoms with Gasteiger partial charge in [-0.05, 0) is 61.7 Å². The van der Waals surface area contributed by atoms with E-state index in [2.05, 4.69) is 20.9 Å². The maximum atomic E-state index is 13.4. The molecule has 0 saturated carbocycles. The first kappa shape index (κ1) is 18.5. The summed E-state index contributed by atoms with van der Waals surface area (Å²) in [7, 11) is 0. The summed E-state index contributed by atoms with van der Waals surface area (Å²) in [6.45, 7) is 5.87. The molecule has 2 N–H and O–H groups in total. The zero-order chi connectivity index (χ0) is 19.8. The highest BCUT2D eigenvalue weighted by molar-refractivity contribution is 8.00. The summed E-state index contributed by atoms with van der Waals surface area (Å²) in [4.78, 5) is 13.1. The van der Waals surface area contributed by atoms with Crippen molar-refractivity contribution in [3.8, 4) is 0 Å². The van der Waals surface area contributed by atoms with Gasteiger partial charge in [0.1, 0.15) is 16.9 Å². The van der Waals surface area contributed by atoms with Crippen LogP contribution in [-0.2, 0) is 4.79 Å². The maximum Gasteiger partial charge on any atom is 0.240 e. The fourth-order valence-electron chi connectivity index (χ4n) is 3.11. The second-order valence-electron chi connectivity index (χ2n) is 6.85. The van der Waals surface area contributed by atoms with Gasteiger partial charge in [0.25, 0.3) is 0 Å². The maximum absolute atomic E-state index is 13.4. The van der Waals surface area contributed by atoms with Crippen LogP contribution in [0.15, 0.2) is 47.6 Å². The second-order valence-corrected chi connectivity index (χ2v) is 7.96. The number of carbonyl (C=O) groups is 1. The van der Waals surface area contributed by atoms with E-state index in [4.69, 9.17) is 0 Å². The summed E-state index contributed by atoms with van der Waals surface area (Å²) in [6.07, 6.45) is 0. The Balaban J connectivity index is 1.65. The van der Waals surface area contributed by atoms with E-state index in [1.54, 1.807) is 16.8 Å². The van der Waals surface area contributed by atoms with Crippen molar-refractivity contribution in [2.45, 2.75) is 37.2 Å². The van der Waals surface area contributed by atoms with Crippen molar-refractivity contribution in [3.05, 3.63) is 70.8 Å². The van der Waals surface area contributed by atoms with Crippen LogP contribution in [0.4, 0.5) is 10.1 Å². The third-order valence-corrected chi connectivity index (χ3v) is 6.08.